The summed E-state index contributed by atoms with van der Waals surface area (Å²) < 4.78 is 1.80. The first kappa shape index (κ1) is 18.8. The largest absolute Gasteiger partial charge is 0.480 e. The summed E-state index contributed by atoms with van der Waals surface area (Å²) in [6.45, 7) is 0.476. The number of aromatic nitrogens is 1. The van der Waals surface area contributed by atoms with Gasteiger partial charge in [-0.05, 0) is 25.1 Å². The van der Waals surface area contributed by atoms with E-state index in [9.17, 15) is 19.2 Å². The maximum absolute atomic E-state index is 13.1. The molecule has 1 amide bonds. The first-order chi connectivity index (χ1) is 12.9. The maximum atomic E-state index is 13.1. The van der Waals surface area contributed by atoms with Crippen molar-refractivity contribution in [3.63, 3.8) is 0 Å². The van der Waals surface area contributed by atoms with Crippen molar-refractivity contribution in [2.45, 2.75) is 24.9 Å². The number of para-hydroxylation sites is 1. The third-order valence-corrected chi connectivity index (χ3v) is 4.99. The molecule has 0 saturated carbocycles. The molecule has 3 rings (SSSR count). The number of nitrogens with zero attached hydrogens (tertiary/aromatic N) is 1. The van der Waals surface area contributed by atoms with Crippen LogP contribution in [0.3, 0.4) is 0 Å². The number of hydrogen-bond donors (Lipinski definition) is 3. The Hall–Kier alpha value is -3.00. The number of ketones is 1. The van der Waals surface area contributed by atoms with Crippen LogP contribution in [0, 0.1) is 5.92 Å². The van der Waals surface area contributed by atoms with Crippen LogP contribution < -0.4 is 10.6 Å². The second kappa shape index (κ2) is 7.71. The standard InChI is InChI=1S/C19H21N3O5/c1-22-14-5-3-2-4-11(14)10-15(22)17(24)12-6-8-20-16(12)18(25)21-13(7-9-23)19(26)27/h2-5,9-10,12-13,16,20H,6-8H2,1H3,(H,21,25)(H,26,27)/t12-,13?,16?/m0/s1. The van der Waals surface area contributed by atoms with Gasteiger partial charge in [0, 0.05) is 30.3 Å². The Bertz CT molecular complexity index is 904. The minimum Gasteiger partial charge on any atom is -0.480 e. The molecule has 2 heterocycles. The van der Waals surface area contributed by atoms with E-state index in [4.69, 9.17) is 5.11 Å². The number of carboxylic acids is 1. The average Bonchev–Trinajstić information content (AvgIpc) is 3.26. The van der Waals surface area contributed by atoms with Gasteiger partial charge in [0.15, 0.2) is 5.78 Å². The number of rotatable bonds is 7. The van der Waals surface area contributed by atoms with Crippen LogP contribution in [0.25, 0.3) is 10.9 Å². The molecule has 0 aliphatic carbocycles. The van der Waals surface area contributed by atoms with Gasteiger partial charge in [-0.3, -0.25) is 9.59 Å². The van der Waals surface area contributed by atoms with Crippen LogP contribution in [0.5, 0.6) is 0 Å². The van der Waals surface area contributed by atoms with E-state index in [2.05, 4.69) is 10.6 Å². The van der Waals surface area contributed by atoms with Gasteiger partial charge in [-0.1, -0.05) is 18.2 Å². The number of hydrogen-bond acceptors (Lipinski definition) is 5. The van der Waals surface area contributed by atoms with Crippen molar-refractivity contribution in [1.82, 2.24) is 15.2 Å². The van der Waals surface area contributed by atoms with E-state index in [1.54, 1.807) is 17.7 Å². The van der Waals surface area contributed by atoms with Crippen LogP contribution in [0.15, 0.2) is 30.3 Å². The van der Waals surface area contributed by atoms with Crippen LogP contribution in [0.2, 0.25) is 0 Å². The van der Waals surface area contributed by atoms with Gasteiger partial charge in [0.05, 0.1) is 11.7 Å². The van der Waals surface area contributed by atoms with Gasteiger partial charge >= 0.3 is 5.97 Å². The molecular weight excluding hydrogens is 350 g/mol. The molecule has 27 heavy (non-hydrogen) atoms. The van der Waals surface area contributed by atoms with Crippen molar-refractivity contribution in [2.24, 2.45) is 13.0 Å². The lowest BCUT2D eigenvalue weighted by molar-refractivity contribution is -0.143. The van der Waals surface area contributed by atoms with Crippen LogP contribution in [0.4, 0.5) is 0 Å². The second-order valence-corrected chi connectivity index (χ2v) is 6.64. The van der Waals surface area contributed by atoms with E-state index in [0.29, 0.717) is 24.9 Å². The van der Waals surface area contributed by atoms with Crippen molar-refractivity contribution in [3.05, 3.63) is 36.0 Å². The lowest BCUT2D eigenvalue weighted by Gasteiger charge is -2.20. The summed E-state index contributed by atoms with van der Waals surface area (Å²) in [5.74, 6) is -2.64. The molecule has 8 heteroatoms. The number of benzene rings is 1. The molecule has 0 radical (unpaired) electrons. The van der Waals surface area contributed by atoms with Crippen molar-refractivity contribution in [2.75, 3.05) is 6.54 Å². The Kier molecular flexibility index (Phi) is 5.36. The number of aryl methyl sites for hydroxylation is 1. The zero-order valence-electron chi connectivity index (χ0n) is 14.8. The normalized spacial score (nSPS) is 20.3. The predicted molar refractivity (Wildman–Crippen MR) is 97.4 cm³/mol. The van der Waals surface area contributed by atoms with Crippen molar-refractivity contribution >= 4 is 34.8 Å². The fraction of sp³-hybridized carbons (Fsp3) is 0.368. The van der Waals surface area contributed by atoms with Crippen LogP contribution in [0.1, 0.15) is 23.3 Å². The Morgan fingerprint density at radius 1 is 1.37 bits per heavy atom. The Balaban J connectivity index is 1.81. The second-order valence-electron chi connectivity index (χ2n) is 6.64. The van der Waals surface area contributed by atoms with Crippen molar-refractivity contribution < 1.29 is 24.3 Å². The maximum Gasteiger partial charge on any atom is 0.326 e. The fourth-order valence-electron chi connectivity index (χ4n) is 3.56. The summed E-state index contributed by atoms with van der Waals surface area (Å²) in [4.78, 5) is 47.4. The van der Waals surface area contributed by atoms with Crippen LogP contribution in [-0.4, -0.2) is 52.2 Å². The number of carbonyl (C=O) groups excluding carboxylic acids is 3. The molecular formula is C19H21N3O5. The highest BCUT2D eigenvalue weighted by Gasteiger charge is 2.39. The lowest BCUT2D eigenvalue weighted by atomic mass is 9.92. The van der Waals surface area contributed by atoms with Crippen LogP contribution in [-0.2, 0) is 21.4 Å². The molecule has 2 aromatic rings. The van der Waals surface area contributed by atoms with E-state index in [-0.39, 0.29) is 12.2 Å². The Labute approximate surface area is 155 Å². The zero-order valence-corrected chi connectivity index (χ0v) is 14.8. The molecule has 3 atom stereocenters. The molecule has 1 aliphatic rings. The summed E-state index contributed by atoms with van der Waals surface area (Å²) in [5.41, 5.74) is 1.43. The summed E-state index contributed by atoms with van der Waals surface area (Å²) in [6.07, 6.45) is 0.596. The topological polar surface area (TPSA) is 118 Å². The Morgan fingerprint density at radius 2 is 2.11 bits per heavy atom. The number of carbonyl (C=O) groups is 4. The minimum atomic E-state index is -1.30. The molecule has 142 valence electrons. The number of fused-ring (bicyclic) bond motifs is 1. The van der Waals surface area contributed by atoms with E-state index in [1.165, 1.54) is 0 Å². The quantitative estimate of drug-likeness (QED) is 0.482. The van der Waals surface area contributed by atoms with Gasteiger partial charge in [0.1, 0.15) is 12.3 Å². The monoisotopic (exact) mass is 371 g/mol. The average molecular weight is 371 g/mol. The fourth-order valence-corrected chi connectivity index (χ4v) is 3.56. The van der Waals surface area contributed by atoms with Gasteiger partial charge in [0.2, 0.25) is 5.91 Å². The lowest BCUT2D eigenvalue weighted by Crippen LogP contribution is -2.51. The van der Waals surface area contributed by atoms with Gasteiger partial charge in [-0.2, -0.15) is 0 Å². The van der Waals surface area contributed by atoms with Gasteiger partial charge in [0.25, 0.3) is 0 Å². The van der Waals surface area contributed by atoms with Crippen LogP contribution >= 0.6 is 0 Å². The third-order valence-electron chi connectivity index (χ3n) is 4.99. The first-order valence-electron chi connectivity index (χ1n) is 8.73. The number of Topliss-reactive ketones (excluding diaryl/α,β-unsaturated/α-hetero) is 1. The number of aliphatic carboxylic acids is 1. The first-order valence-corrected chi connectivity index (χ1v) is 8.73. The van der Waals surface area contributed by atoms with Crippen molar-refractivity contribution in [1.29, 1.82) is 0 Å². The molecule has 3 N–H and O–H groups in total. The predicted octanol–water partition coefficient (Wildman–Crippen LogP) is 0.498. The van der Waals surface area contributed by atoms with Gasteiger partial charge in [-0.15, -0.1) is 0 Å². The highest BCUT2D eigenvalue weighted by atomic mass is 16.4. The molecule has 1 aliphatic heterocycles. The Morgan fingerprint density at radius 3 is 2.78 bits per heavy atom. The van der Waals surface area contributed by atoms with E-state index < -0.39 is 29.9 Å². The molecule has 1 aromatic heterocycles. The molecule has 0 bridgehead atoms. The summed E-state index contributed by atoms with van der Waals surface area (Å²) >= 11 is 0. The number of aldehydes is 1. The molecule has 1 saturated heterocycles. The zero-order chi connectivity index (χ0) is 19.6. The summed E-state index contributed by atoms with van der Waals surface area (Å²) in [7, 11) is 1.80. The highest BCUT2D eigenvalue weighted by molar-refractivity contribution is 6.04. The highest BCUT2D eigenvalue weighted by Crippen LogP contribution is 2.25. The van der Waals surface area contributed by atoms with Gasteiger partial charge < -0.3 is 25.1 Å². The third kappa shape index (κ3) is 3.61. The molecule has 8 nitrogen and oxygen atoms in total. The van der Waals surface area contributed by atoms with E-state index in [0.717, 1.165) is 10.9 Å². The number of carboxylic acid groups (broad SMARTS) is 1. The van der Waals surface area contributed by atoms with E-state index in [1.807, 2.05) is 24.3 Å². The smallest absolute Gasteiger partial charge is 0.326 e. The number of amides is 1. The summed E-state index contributed by atoms with van der Waals surface area (Å²) in [5, 5.41) is 15.4. The minimum absolute atomic E-state index is 0.166. The van der Waals surface area contributed by atoms with Gasteiger partial charge in [-0.25, -0.2) is 4.79 Å². The molecule has 1 fully saturated rings. The molecule has 0 spiro atoms. The number of nitrogens with one attached hydrogen (secondary N) is 2. The van der Waals surface area contributed by atoms with Crippen molar-refractivity contribution in [3.8, 4) is 0 Å². The molecule has 1 aromatic carbocycles. The SMILES string of the molecule is Cn1c(C(=O)[C@H]2CCNC2C(=O)NC(CC=O)C(=O)O)cc2ccccc21. The summed E-state index contributed by atoms with van der Waals surface area (Å²) in [6, 6.07) is 7.29. The molecule has 2 unspecified atom stereocenters. The van der Waals surface area contributed by atoms with E-state index >= 15 is 0 Å².